The van der Waals surface area contributed by atoms with Crippen molar-refractivity contribution in [3.63, 3.8) is 0 Å². The molecule has 19 heavy (non-hydrogen) atoms. The Morgan fingerprint density at radius 2 is 2.00 bits per heavy atom. The lowest BCUT2D eigenvalue weighted by molar-refractivity contribution is -0.130. The summed E-state index contributed by atoms with van der Waals surface area (Å²) in [7, 11) is 0. The third-order valence-corrected chi connectivity index (χ3v) is 3.77. The minimum atomic E-state index is 0. The lowest BCUT2D eigenvalue weighted by atomic mass is 10.1. The summed E-state index contributed by atoms with van der Waals surface area (Å²) < 4.78 is 0. The van der Waals surface area contributed by atoms with Crippen molar-refractivity contribution in [2.75, 3.05) is 26.2 Å². The first kappa shape index (κ1) is 16.6. The molecule has 0 radical (unpaired) electrons. The molecule has 1 aliphatic rings. The van der Waals surface area contributed by atoms with Gasteiger partial charge in [0, 0.05) is 19.6 Å². The molecule has 1 amide bonds. The van der Waals surface area contributed by atoms with E-state index >= 15 is 0 Å². The molecule has 1 heterocycles. The van der Waals surface area contributed by atoms with Gasteiger partial charge in [0.1, 0.15) is 0 Å². The second-order valence-electron chi connectivity index (χ2n) is 4.41. The van der Waals surface area contributed by atoms with Crippen LogP contribution in [0.15, 0.2) is 18.2 Å². The number of benzene rings is 1. The van der Waals surface area contributed by atoms with Crippen LogP contribution in [0.25, 0.3) is 0 Å². The Morgan fingerprint density at radius 3 is 2.74 bits per heavy atom. The number of carbonyl (C=O) groups is 1. The summed E-state index contributed by atoms with van der Waals surface area (Å²) >= 11 is 11.8. The zero-order valence-corrected chi connectivity index (χ0v) is 12.8. The van der Waals surface area contributed by atoms with E-state index in [0.29, 0.717) is 16.5 Å². The Hall–Kier alpha value is -0.480. The molecule has 0 aromatic heterocycles. The quantitative estimate of drug-likeness (QED) is 0.907. The van der Waals surface area contributed by atoms with E-state index in [0.717, 1.165) is 38.2 Å². The third kappa shape index (κ3) is 4.84. The summed E-state index contributed by atoms with van der Waals surface area (Å²) in [5.74, 6) is 0.150. The number of halogens is 3. The zero-order valence-electron chi connectivity index (χ0n) is 10.5. The Bertz CT molecular complexity index is 432. The summed E-state index contributed by atoms with van der Waals surface area (Å²) in [5.41, 5.74) is 0.909. The van der Waals surface area contributed by atoms with Gasteiger partial charge >= 0.3 is 0 Å². The molecule has 1 aliphatic heterocycles. The van der Waals surface area contributed by atoms with Crippen molar-refractivity contribution in [3.8, 4) is 0 Å². The molecule has 0 atom stereocenters. The van der Waals surface area contributed by atoms with Crippen LogP contribution >= 0.6 is 35.6 Å². The fourth-order valence-corrected chi connectivity index (χ4v) is 2.35. The van der Waals surface area contributed by atoms with Gasteiger partial charge in [0.2, 0.25) is 5.91 Å². The maximum Gasteiger partial charge on any atom is 0.227 e. The fraction of sp³-hybridized carbons (Fsp3) is 0.462. The maximum atomic E-state index is 12.1. The first-order chi connectivity index (χ1) is 8.66. The predicted molar refractivity (Wildman–Crippen MR) is 81.5 cm³/mol. The largest absolute Gasteiger partial charge is 0.341 e. The molecule has 1 aromatic rings. The summed E-state index contributed by atoms with van der Waals surface area (Å²) in [5, 5.41) is 4.30. The van der Waals surface area contributed by atoms with Crippen LogP contribution in [-0.4, -0.2) is 37.0 Å². The van der Waals surface area contributed by atoms with Crippen molar-refractivity contribution in [2.24, 2.45) is 0 Å². The summed E-state index contributed by atoms with van der Waals surface area (Å²) in [6.07, 6.45) is 1.39. The fourth-order valence-electron chi connectivity index (χ4n) is 2.03. The first-order valence-electron chi connectivity index (χ1n) is 6.09. The van der Waals surface area contributed by atoms with Gasteiger partial charge in [0.05, 0.1) is 16.5 Å². The average Bonchev–Trinajstić information content (AvgIpc) is 2.62. The number of nitrogens with one attached hydrogen (secondary N) is 1. The highest BCUT2D eigenvalue weighted by Crippen LogP contribution is 2.23. The predicted octanol–water partition coefficient (Wildman–Crippen LogP) is 2.78. The van der Waals surface area contributed by atoms with Crippen LogP contribution in [0.4, 0.5) is 0 Å². The minimum Gasteiger partial charge on any atom is -0.341 e. The van der Waals surface area contributed by atoms with Crippen molar-refractivity contribution in [1.82, 2.24) is 10.2 Å². The smallest absolute Gasteiger partial charge is 0.227 e. The number of nitrogens with zero attached hydrogens (tertiary/aromatic N) is 1. The van der Waals surface area contributed by atoms with Gasteiger partial charge in [-0.2, -0.15) is 0 Å². The highest BCUT2D eigenvalue weighted by atomic mass is 35.5. The molecule has 6 heteroatoms. The topological polar surface area (TPSA) is 32.3 Å². The highest BCUT2D eigenvalue weighted by molar-refractivity contribution is 6.42. The molecule has 3 nitrogen and oxygen atoms in total. The van der Waals surface area contributed by atoms with Gasteiger partial charge in [0.25, 0.3) is 0 Å². The molecule has 2 rings (SSSR count). The van der Waals surface area contributed by atoms with Crippen LogP contribution in [0.3, 0.4) is 0 Å². The van der Waals surface area contributed by atoms with E-state index in [-0.39, 0.29) is 18.3 Å². The Balaban J connectivity index is 0.00000180. The van der Waals surface area contributed by atoms with Crippen molar-refractivity contribution in [1.29, 1.82) is 0 Å². The van der Waals surface area contributed by atoms with E-state index in [9.17, 15) is 4.79 Å². The van der Waals surface area contributed by atoms with Gasteiger partial charge in [-0.05, 0) is 30.7 Å². The molecule has 0 bridgehead atoms. The lowest BCUT2D eigenvalue weighted by Crippen LogP contribution is -2.35. The first-order valence-corrected chi connectivity index (χ1v) is 6.85. The molecular formula is C13H17Cl3N2O. The highest BCUT2D eigenvalue weighted by Gasteiger charge is 2.15. The standard InChI is InChI=1S/C13H16Cl2N2O.ClH/c14-11-3-2-10(8-12(11)15)9-13(18)17-6-1-4-16-5-7-17;/h2-3,8,16H,1,4-7,9H2;1H. The molecule has 0 aliphatic carbocycles. The number of hydrogen-bond acceptors (Lipinski definition) is 2. The second-order valence-corrected chi connectivity index (χ2v) is 5.22. The van der Waals surface area contributed by atoms with Crippen LogP contribution in [0.5, 0.6) is 0 Å². The number of carbonyl (C=O) groups excluding carboxylic acids is 1. The van der Waals surface area contributed by atoms with E-state index in [1.54, 1.807) is 12.1 Å². The molecule has 1 N–H and O–H groups in total. The molecule has 1 saturated heterocycles. The molecule has 0 spiro atoms. The normalized spacial score (nSPS) is 15.6. The number of amides is 1. The van der Waals surface area contributed by atoms with E-state index in [1.165, 1.54) is 0 Å². The Kier molecular flexibility index (Phi) is 6.94. The van der Waals surface area contributed by atoms with Gasteiger partial charge in [-0.15, -0.1) is 12.4 Å². The van der Waals surface area contributed by atoms with Crippen LogP contribution in [0.2, 0.25) is 10.0 Å². The molecule has 1 aromatic carbocycles. The van der Waals surface area contributed by atoms with Crippen molar-refractivity contribution in [3.05, 3.63) is 33.8 Å². The van der Waals surface area contributed by atoms with Gasteiger partial charge in [0.15, 0.2) is 0 Å². The summed E-state index contributed by atoms with van der Waals surface area (Å²) in [4.78, 5) is 14.0. The Morgan fingerprint density at radius 1 is 1.21 bits per heavy atom. The lowest BCUT2D eigenvalue weighted by Gasteiger charge is -2.20. The van der Waals surface area contributed by atoms with Crippen LogP contribution in [0.1, 0.15) is 12.0 Å². The molecule has 106 valence electrons. The summed E-state index contributed by atoms with van der Waals surface area (Å²) in [6, 6.07) is 5.34. The molecular weight excluding hydrogens is 307 g/mol. The van der Waals surface area contributed by atoms with Gasteiger partial charge < -0.3 is 10.2 Å². The minimum absolute atomic E-state index is 0. The molecule has 0 saturated carbocycles. The average molecular weight is 324 g/mol. The van der Waals surface area contributed by atoms with Crippen LogP contribution < -0.4 is 5.32 Å². The van der Waals surface area contributed by atoms with Crippen LogP contribution in [-0.2, 0) is 11.2 Å². The van der Waals surface area contributed by atoms with Crippen molar-refractivity contribution < 1.29 is 4.79 Å². The van der Waals surface area contributed by atoms with Crippen molar-refractivity contribution >= 4 is 41.5 Å². The summed E-state index contributed by atoms with van der Waals surface area (Å²) in [6.45, 7) is 3.46. The van der Waals surface area contributed by atoms with Gasteiger partial charge in [-0.3, -0.25) is 4.79 Å². The van der Waals surface area contributed by atoms with E-state index < -0.39 is 0 Å². The zero-order chi connectivity index (χ0) is 13.0. The van der Waals surface area contributed by atoms with Gasteiger partial charge in [-0.25, -0.2) is 0 Å². The molecule has 1 fully saturated rings. The SMILES string of the molecule is Cl.O=C(Cc1ccc(Cl)c(Cl)c1)N1CCCNCC1. The third-order valence-electron chi connectivity index (χ3n) is 3.03. The van der Waals surface area contributed by atoms with Gasteiger partial charge in [-0.1, -0.05) is 29.3 Å². The van der Waals surface area contributed by atoms with E-state index in [2.05, 4.69) is 5.32 Å². The number of rotatable bonds is 2. The maximum absolute atomic E-state index is 12.1. The second kappa shape index (κ2) is 7.95. The van der Waals surface area contributed by atoms with E-state index in [1.807, 2.05) is 11.0 Å². The Labute approximate surface area is 129 Å². The monoisotopic (exact) mass is 322 g/mol. The van der Waals surface area contributed by atoms with Crippen molar-refractivity contribution in [2.45, 2.75) is 12.8 Å². The van der Waals surface area contributed by atoms with E-state index in [4.69, 9.17) is 23.2 Å². The van der Waals surface area contributed by atoms with Crippen LogP contribution in [0, 0.1) is 0 Å². The molecule has 0 unspecified atom stereocenters. The number of hydrogen-bond donors (Lipinski definition) is 1.